The van der Waals surface area contributed by atoms with Gasteiger partial charge < -0.3 is 0 Å². The summed E-state index contributed by atoms with van der Waals surface area (Å²) in [7, 11) is 0. The molecule has 0 spiro atoms. The van der Waals surface area contributed by atoms with Crippen LogP contribution in [0.1, 0.15) is 23.9 Å². The first kappa shape index (κ1) is 11.1. The Bertz CT molecular complexity index is 362. The van der Waals surface area contributed by atoms with Crippen LogP contribution in [0.4, 0.5) is 0 Å². The predicted octanol–water partition coefficient (Wildman–Crippen LogP) is 2.19. The number of nitrogens with zero attached hydrogens (tertiary/aromatic N) is 3. The lowest BCUT2D eigenvalue weighted by Gasteiger charge is -2.04. The normalized spacial score (nSPS) is 12.5. The summed E-state index contributed by atoms with van der Waals surface area (Å²) in [5, 5.41) is 12.4. The quantitative estimate of drug-likeness (QED) is 0.720. The average Bonchev–Trinajstić information content (AvgIpc) is 2.42. The monoisotopic (exact) mass is 211 g/mol. The van der Waals surface area contributed by atoms with Crippen molar-refractivity contribution in [1.82, 2.24) is 9.78 Å². The fourth-order valence-corrected chi connectivity index (χ4v) is 1.75. The largest absolute Gasteiger partial charge is 0.267 e. The second-order valence-electron chi connectivity index (χ2n) is 3.28. The molecule has 0 aliphatic rings. The molecule has 0 aromatic carbocycles. The highest BCUT2D eigenvalue weighted by molar-refractivity contribution is 6.22. The van der Waals surface area contributed by atoms with Gasteiger partial charge in [0.25, 0.3) is 0 Å². The van der Waals surface area contributed by atoms with Gasteiger partial charge in [-0.15, -0.1) is 11.6 Å². The van der Waals surface area contributed by atoms with Gasteiger partial charge in [0.2, 0.25) is 0 Å². The summed E-state index contributed by atoms with van der Waals surface area (Å²) in [4.78, 5) is 0. The van der Waals surface area contributed by atoms with Gasteiger partial charge in [0.1, 0.15) is 5.38 Å². The molecule has 1 unspecified atom stereocenters. The minimum Gasteiger partial charge on any atom is -0.267 e. The third kappa shape index (κ3) is 2.08. The van der Waals surface area contributed by atoms with Crippen LogP contribution in [0.25, 0.3) is 0 Å². The zero-order valence-electron chi connectivity index (χ0n) is 8.71. The lowest BCUT2D eigenvalue weighted by molar-refractivity contribution is 0.608. The molecule has 0 N–H and O–H groups in total. The van der Waals surface area contributed by atoms with Gasteiger partial charge in [0.15, 0.2) is 0 Å². The zero-order chi connectivity index (χ0) is 10.7. The van der Waals surface area contributed by atoms with Gasteiger partial charge in [-0.05, 0) is 25.8 Å². The van der Waals surface area contributed by atoms with Crippen molar-refractivity contribution >= 4 is 11.6 Å². The molecule has 0 amide bonds. The van der Waals surface area contributed by atoms with Gasteiger partial charge in [0.05, 0.1) is 18.3 Å². The molecule has 0 saturated heterocycles. The minimum absolute atomic E-state index is 0.463. The molecule has 1 rings (SSSR count). The average molecular weight is 212 g/mol. The van der Waals surface area contributed by atoms with E-state index in [1.807, 2.05) is 24.6 Å². The molecular formula is C10H14ClN3. The molecule has 4 heteroatoms. The fraction of sp³-hybridized carbons (Fsp3) is 0.600. The Morgan fingerprint density at radius 2 is 2.21 bits per heavy atom. The summed E-state index contributed by atoms with van der Waals surface area (Å²) in [5.74, 6) is 0. The van der Waals surface area contributed by atoms with Crippen molar-refractivity contribution < 1.29 is 0 Å². The molecule has 1 aromatic rings. The van der Waals surface area contributed by atoms with Crippen LogP contribution in [0.3, 0.4) is 0 Å². The Morgan fingerprint density at radius 3 is 2.64 bits per heavy atom. The van der Waals surface area contributed by atoms with Crippen LogP contribution in [-0.4, -0.2) is 15.2 Å². The van der Waals surface area contributed by atoms with E-state index in [4.69, 9.17) is 16.9 Å². The molecule has 76 valence electrons. The van der Waals surface area contributed by atoms with E-state index in [1.54, 1.807) is 0 Å². The smallest absolute Gasteiger partial charge is 0.140 e. The third-order valence-electron chi connectivity index (χ3n) is 2.36. The van der Waals surface area contributed by atoms with Gasteiger partial charge in [-0.25, -0.2) is 0 Å². The number of hydrogen-bond donors (Lipinski definition) is 0. The number of aromatic nitrogens is 2. The second kappa shape index (κ2) is 4.47. The Morgan fingerprint density at radius 1 is 1.57 bits per heavy atom. The molecule has 0 bridgehead atoms. The van der Waals surface area contributed by atoms with Crippen LogP contribution in [0, 0.1) is 25.2 Å². The van der Waals surface area contributed by atoms with E-state index in [-0.39, 0.29) is 0 Å². The summed E-state index contributed by atoms with van der Waals surface area (Å²) in [6.45, 7) is 6.56. The molecule has 1 heterocycles. The first-order valence-electron chi connectivity index (χ1n) is 4.66. The Labute approximate surface area is 89.3 Å². The number of hydrogen-bond acceptors (Lipinski definition) is 2. The van der Waals surface area contributed by atoms with E-state index >= 15 is 0 Å². The van der Waals surface area contributed by atoms with Crippen LogP contribution in [0.2, 0.25) is 0 Å². The second-order valence-corrected chi connectivity index (χ2v) is 3.81. The van der Waals surface area contributed by atoms with Gasteiger partial charge >= 0.3 is 0 Å². The van der Waals surface area contributed by atoms with Gasteiger partial charge in [0, 0.05) is 5.69 Å². The van der Waals surface area contributed by atoms with Crippen molar-refractivity contribution in [3.05, 3.63) is 17.0 Å². The zero-order valence-corrected chi connectivity index (χ0v) is 9.47. The van der Waals surface area contributed by atoms with Crippen LogP contribution in [0.5, 0.6) is 0 Å². The van der Waals surface area contributed by atoms with Gasteiger partial charge in [-0.3, -0.25) is 4.68 Å². The van der Waals surface area contributed by atoms with Crippen molar-refractivity contribution in [1.29, 1.82) is 5.26 Å². The number of halogens is 1. The highest BCUT2D eigenvalue weighted by Crippen LogP contribution is 2.14. The highest BCUT2D eigenvalue weighted by atomic mass is 35.5. The number of rotatable bonds is 3. The summed E-state index contributed by atoms with van der Waals surface area (Å²) >= 11 is 5.75. The van der Waals surface area contributed by atoms with Crippen LogP contribution in [0.15, 0.2) is 0 Å². The standard InChI is InChI=1S/C10H14ClN3/c1-4-10-7(2)13-14(8(10)3)6-9(11)5-12/h9H,4,6H2,1-3H3. The fourth-order valence-electron chi connectivity index (χ4n) is 1.62. The molecule has 1 aromatic heterocycles. The molecule has 0 aliphatic heterocycles. The predicted molar refractivity (Wildman–Crippen MR) is 56.3 cm³/mol. The molecule has 1 atom stereocenters. The van der Waals surface area contributed by atoms with E-state index in [1.165, 1.54) is 5.56 Å². The van der Waals surface area contributed by atoms with Gasteiger partial charge in [-0.2, -0.15) is 10.4 Å². The molecule has 0 aliphatic carbocycles. The summed E-state index contributed by atoms with van der Waals surface area (Å²) < 4.78 is 1.81. The number of aryl methyl sites for hydroxylation is 1. The Kier molecular flexibility index (Phi) is 3.54. The van der Waals surface area contributed by atoms with Crippen molar-refractivity contribution in [2.24, 2.45) is 0 Å². The van der Waals surface area contributed by atoms with Crippen molar-refractivity contribution in [3.8, 4) is 6.07 Å². The molecule has 0 fully saturated rings. The van der Waals surface area contributed by atoms with Crippen molar-refractivity contribution in [2.45, 2.75) is 39.1 Å². The third-order valence-corrected chi connectivity index (χ3v) is 2.59. The molecular weight excluding hydrogens is 198 g/mol. The topological polar surface area (TPSA) is 41.6 Å². The first-order chi connectivity index (χ1) is 6.60. The number of alkyl halides is 1. The Hall–Kier alpha value is -1.01. The van der Waals surface area contributed by atoms with E-state index in [9.17, 15) is 0 Å². The van der Waals surface area contributed by atoms with E-state index < -0.39 is 5.38 Å². The summed E-state index contributed by atoms with van der Waals surface area (Å²) in [5.41, 5.74) is 3.41. The van der Waals surface area contributed by atoms with Gasteiger partial charge in [-0.1, -0.05) is 6.92 Å². The van der Waals surface area contributed by atoms with Crippen molar-refractivity contribution in [2.75, 3.05) is 0 Å². The lowest BCUT2D eigenvalue weighted by atomic mass is 10.1. The van der Waals surface area contributed by atoms with Crippen molar-refractivity contribution in [3.63, 3.8) is 0 Å². The molecule has 14 heavy (non-hydrogen) atoms. The maximum Gasteiger partial charge on any atom is 0.140 e. The van der Waals surface area contributed by atoms with Crippen LogP contribution < -0.4 is 0 Å². The first-order valence-corrected chi connectivity index (χ1v) is 5.10. The minimum atomic E-state index is -0.502. The van der Waals surface area contributed by atoms with Crippen LogP contribution in [-0.2, 0) is 13.0 Å². The number of nitriles is 1. The summed E-state index contributed by atoms with van der Waals surface area (Å²) in [6, 6.07) is 1.99. The van der Waals surface area contributed by atoms with Crippen LogP contribution >= 0.6 is 11.6 Å². The Balaban J connectivity index is 2.95. The SMILES string of the molecule is CCc1c(C)nn(CC(Cl)C#N)c1C. The summed E-state index contributed by atoms with van der Waals surface area (Å²) in [6.07, 6.45) is 0.969. The molecule has 0 radical (unpaired) electrons. The highest BCUT2D eigenvalue weighted by Gasteiger charge is 2.12. The lowest BCUT2D eigenvalue weighted by Crippen LogP contribution is -2.11. The molecule has 3 nitrogen and oxygen atoms in total. The maximum atomic E-state index is 8.60. The van der Waals surface area contributed by atoms with E-state index in [2.05, 4.69) is 12.0 Å². The maximum absolute atomic E-state index is 8.60. The molecule has 0 saturated carbocycles. The van der Waals surface area contributed by atoms with E-state index in [0.717, 1.165) is 17.8 Å². The van der Waals surface area contributed by atoms with E-state index in [0.29, 0.717) is 6.54 Å².